The number of rotatable bonds is 4. The van der Waals surface area contributed by atoms with Crippen molar-refractivity contribution >= 4 is 27.5 Å². The lowest BCUT2D eigenvalue weighted by Crippen LogP contribution is -2.06. The Labute approximate surface area is 112 Å². The minimum atomic E-state index is 0.530. The molecule has 0 heterocycles. The Balaban J connectivity index is 2.03. The predicted molar refractivity (Wildman–Crippen MR) is 74.2 cm³/mol. The summed E-state index contributed by atoms with van der Waals surface area (Å²) in [6, 6.07) is 8.59. The quantitative estimate of drug-likeness (QED) is 0.657. The Morgan fingerprint density at radius 2 is 2.06 bits per heavy atom. The van der Waals surface area contributed by atoms with Crippen molar-refractivity contribution in [3.63, 3.8) is 0 Å². The van der Waals surface area contributed by atoms with Gasteiger partial charge in [0.25, 0.3) is 0 Å². The molecule has 0 aromatic heterocycles. The molecular weight excluding hydrogens is 284 g/mol. The minimum absolute atomic E-state index is 0.530. The van der Waals surface area contributed by atoms with E-state index in [0.717, 1.165) is 16.3 Å². The van der Waals surface area contributed by atoms with Crippen molar-refractivity contribution in [1.29, 1.82) is 0 Å². The number of hydrogen-bond acceptors (Lipinski definition) is 0. The lowest BCUT2D eigenvalue weighted by molar-refractivity contribution is 0.462. The summed E-state index contributed by atoms with van der Waals surface area (Å²) in [5, 5.41) is 0. The molecule has 0 N–H and O–H groups in total. The van der Waals surface area contributed by atoms with Crippen molar-refractivity contribution in [1.82, 2.24) is 0 Å². The Morgan fingerprint density at radius 3 is 2.69 bits per heavy atom. The molecule has 2 heteroatoms. The van der Waals surface area contributed by atoms with Crippen molar-refractivity contribution in [2.45, 2.75) is 38.0 Å². The van der Waals surface area contributed by atoms with Crippen LogP contribution in [0.3, 0.4) is 0 Å². The molecule has 0 nitrogen and oxygen atoms in total. The first-order chi connectivity index (χ1) is 7.79. The van der Waals surface area contributed by atoms with Gasteiger partial charge in [-0.1, -0.05) is 53.7 Å². The van der Waals surface area contributed by atoms with Gasteiger partial charge in [0.05, 0.1) is 0 Å². The maximum absolute atomic E-state index is 6.12. The molecule has 1 saturated carbocycles. The van der Waals surface area contributed by atoms with Crippen LogP contribution in [0, 0.1) is 5.92 Å². The summed E-state index contributed by atoms with van der Waals surface area (Å²) in [6.45, 7) is 0. The van der Waals surface area contributed by atoms with Crippen LogP contribution in [0.25, 0.3) is 0 Å². The molecule has 1 aromatic carbocycles. The average molecular weight is 302 g/mol. The molecular formula is C14H18BrCl. The number of alkyl halides is 1. The van der Waals surface area contributed by atoms with E-state index in [1.807, 2.05) is 0 Å². The van der Waals surface area contributed by atoms with Crippen molar-refractivity contribution < 1.29 is 0 Å². The highest BCUT2D eigenvalue weighted by atomic mass is 79.9. The van der Waals surface area contributed by atoms with E-state index in [9.17, 15) is 0 Å². The van der Waals surface area contributed by atoms with Crippen LogP contribution in [0.2, 0.25) is 0 Å². The van der Waals surface area contributed by atoms with Gasteiger partial charge >= 0.3 is 0 Å². The van der Waals surface area contributed by atoms with E-state index in [0.29, 0.717) is 5.92 Å². The van der Waals surface area contributed by atoms with Gasteiger partial charge in [-0.2, -0.15) is 0 Å². The highest BCUT2D eigenvalue weighted by Crippen LogP contribution is 2.35. The molecule has 1 unspecified atom stereocenters. The Bertz CT molecular complexity index is 331. The van der Waals surface area contributed by atoms with Gasteiger partial charge in [0, 0.05) is 10.4 Å². The molecule has 1 aromatic rings. The van der Waals surface area contributed by atoms with Gasteiger partial charge in [-0.25, -0.2) is 0 Å². The monoisotopic (exact) mass is 300 g/mol. The third kappa shape index (κ3) is 3.24. The number of halogens is 2. The van der Waals surface area contributed by atoms with E-state index in [-0.39, 0.29) is 0 Å². The van der Waals surface area contributed by atoms with Gasteiger partial charge in [0.15, 0.2) is 0 Å². The third-order valence-corrected chi connectivity index (χ3v) is 4.46. The van der Waals surface area contributed by atoms with Gasteiger partial charge in [-0.3, -0.25) is 0 Å². The summed E-state index contributed by atoms with van der Waals surface area (Å²) in [5.41, 5.74) is 1.39. The predicted octanol–water partition coefficient (Wildman–Crippen LogP) is 5.35. The maximum atomic E-state index is 6.12. The van der Waals surface area contributed by atoms with Gasteiger partial charge in [-0.05, 0) is 36.0 Å². The van der Waals surface area contributed by atoms with Crippen LogP contribution in [-0.4, -0.2) is 5.88 Å². The topological polar surface area (TPSA) is 0 Å². The van der Waals surface area contributed by atoms with Gasteiger partial charge in [-0.15, -0.1) is 11.6 Å². The van der Waals surface area contributed by atoms with Crippen LogP contribution in [0.1, 0.15) is 43.6 Å². The first-order valence-electron chi connectivity index (χ1n) is 6.11. The zero-order valence-electron chi connectivity index (χ0n) is 9.46. The van der Waals surface area contributed by atoms with E-state index in [1.165, 1.54) is 37.7 Å². The first kappa shape index (κ1) is 12.4. The van der Waals surface area contributed by atoms with E-state index in [1.54, 1.807) is 0 Å². The third-order valence-electron chi connectivity index (χ3n) is 3.60. The molecule has 0 bridgehead atoms. The largest absolute Gasteiger partial charge is 0.126 e. The normalized spacial score (nSPS) is 18.9. The fraction of sp³-hybridized carbons (Fsp3) is 0.571. The van der Waals surface area contributed by atoms with Crippen LogP contribution < -0.4 is 0 Å². The standard InChI is InChI=1S/C14H18BrCl/c15-14-7-3-6-12(9-14)13(10-16)8-11-4-1-2-5-11/h3,6-7,9,11,13H,1-2,4-5,8,10H2. The molecule has 0 aliphatic heterocycles. The molecule has 16 heavy (non-hydrogen) atoms. The summed E-state index contributed by atoms with van der Waals surface area (Å²) in [7, 11) is 0. The van der Waals surface area contributed by atoms with Crippen LogP contribution in [0.4, 0.5) is 0 Å². The summed E-state index contributed by atoms with van der Waals surface area (Å²) in [4.78, 5) is 0. The Kier molecular flexibility index (Phi) is 4.72. The SMILES string of the molecule is ClCC(CC1CCCC1)c1cccc(Br)c1. The van der Waals surface area contributed by atoms with Crippen LogP contribution in [-0.2, 0) is 0 Å². The molecule has 0 spiro atoms. The molecule has 1 fully saturated rings. The van der Waals surface area contributed by atoms with E-state index in [2.05, 4.69) is 40.2 Å². The van der Waals surface area contributed by atoms with Crippen LogP contribution in [0.15, 0.2) is 28.7 Å². The van der Waals surface area contributed by atoms with E-state index >= 15 is 0 Å². The van der Waals surface area contributed by atoms with Gasteiger partial charge in [0.2, 0.25) is 0 Å². The lowest BCUT2D eigenvalue weighted by Gasteiger charge is -2.18. The van der Waals surface area contributed by atoms with E-state index < -0.39 is 0 Å². The Hall–Kier alpha value is -0.0100. The average Bonchev–Trinajstić information content (AvgIpc) is 2.78. The van der Waals surface area contributed by atoms with Crippen molar-refractivity contribution in [2.75, 3.05) is 5.88 Å². The van der Waals surface area contributed by atoms with Crippen molar-refractivity contribution in [3.8, 4) is 0 Å². The van der Waals surface area contributed by atoms with Gasteiger partial charge < -0.3 is 0 Å². The Morgan fingerprint density at radius 1 is 1.31 bits per heavy atom. The molecule has 0 radical (unpaired) electrons. The van der Waals surface area contributed by atoms with Crippen molar-refractivity contribution in [2.24, 2.45) is 5.92 Å². The van der Waals surface area contributed by atoms with Crippen molar-refractivity contribution in [3.05, 3.63) is 34.3 Å². The zero-order chi connectivity index (χ0) is 11.4. The minimum Gasteiger partial charge on any atom is -0.126 e. The molecule has 1 atom stereocenters. The summed E-state index contributed by atoms with van der Waals surface area (Å²) < 4.78 is 1.16. The number of hydrogen-bond donors (Lipinski definition) is 0. The molecule has 1 aliphatic rings. The summed E-state index contributed by atoms with van der Waals surface area (Å²) >= 11 is 9.65. The second kappa shape index (κ2) is 6.07. The molecule has 2 rings (SSSR count). The summed E-state index contributed by atoms with van der Waals surface area (Å²) in [5.74, 6) is 2.18. The van der Waals surface area contributed by atoms with Crippen LogP contribution in [0.5, 0.6) is 0 Å². The summed E-state index contributed by atoms with van der Waals surface area (Å²) in [6.07, 6.45) is 6.90. The van der Waals surface area contributed by atoms with Crippen LogP contribution >= 0.6 is 27.5 Å². The zero-order valence-corrected chi connectivity index (χ0v) is 11.8. The smallest absolute Gasteiger partial charge is 0.0292 e. The molecule has 1 aliphatic carbocycles. The maximum Gasteiger partial charge on any atom is 0.0292 e. The first-order valence-corrected chi connectivity index (χ1v) is 7.44. The number of benzene rings is 1. The highest BCUT2D eigenvalue weighted by molar-refractivity contribution is 9.10. The molecule has 88 valence electrons. The lowest BCUT2D eigenvalue weighted by atomic mass is 9.89. The molecule has 0 amide bonds. The second-order valence-corrected chi connectivity index (χ2v) is 6.02. The fourth-order valence-corrected chi connectivity index (χ4v) is 3.42. The fourth-order valence-electron chi connectivity index (χ4n) is 2.70. The van der Waals surface area contributed by atoms with E-state index in [4.69, 9.17) is 11.6 Å². The van der Waals surface area contributed by atoms with Gasteiger partial charge in [0.1, 0.15) is 0 Å². The second-order valence-electron chi connectivity index (χ2n) is 4.79. The molecule has 0 saturated heterocycles. The highest BCUT2D eigenvalue weighted by Gasteiger charge is 2.20.